The second-order valence-electron chi connectivity index (χ2n) is 4.15. The van der Waals surface area contributed by atoms with Crippen molar-refractivity contribution in [1.29, 1.82) is 0 Å². The highest BCUT2D eigenvalue weighted by molar-refractivity contribution is 7.80. The molecule has 90 valence electrons. The summed E-state index contributed by atoms with van der Waals surface area (Å²) in [6.45, 7) is 9.26. The van der Waals surface area contributed by atoms with E-state index in [2.05, 4.69) is 30.8 Å². The van der Waals surface area contributed by atoms with Crippen LogP contribution in [0.5, 0.6) is 0 Å². The molecule has 0 aromatic carbocycles. The summed E-state index contributed by atoms with van der Waals surface area (Å²) in [5, 5.41) is 4.39. The van der Waals surface area contributed by atoms with Gasteiger partial charge in [-0.05, 0) is 27.7 Å². The van der Waals surface area contributed by atoms with E-state index in [4.69, 9.17) is 18.0 Å². The van der Waals surface area contributed by atoms with Gasteiger partial charge in [-0.2, -0.15) is 5.10 Å². The van der Waals surface area contributed by atoms with Crippen LogP contribution in [0.15, 0.2) is 0 Å². The van der Waals surface area contributed by atoms with Gasteiger partial charge in [0.1, 0.15) is 10.8 Å². The van der Waals surface area contributed by atoms with E-state index in [9.17, 15) is 0 Å². The second-order valence-corrected chi connectivity index (χ2v) is 4.59. The molecule has 0 aliphatic rings. The summed E-state index contributed by atoms with van der Waals surface area (Å²) in [5.74, 6) is 1.02. The van der Waals surface area contributed by atoms with Crippen LogP contribution in [0, 0.1) is 6.92 Å². The Kier molecular flexibility index (Phi) is 3.91. The van der Waals surface area contributed by atoms with Crippen LogP contribution >= 0.6 is 12.2 Å². The highest BCUT2D eigenvalue weighted by Gasteiger charge is 2.21. The zero-order valence-electron chi connectivity index (χ0n) is 10.6. The van der Waals surface area contributed by atoms with Crippen LogP contribution in [0.3, 0.4) is 0 Å². The number of nitrogens with two attached hydrogens (primary N) is 1. The summed E-state index contributed by atoms with van der Waals surface area (Å²) in [4.78, 5) is 2.66. The first kappa shape index (κ1) is 13.0. The van der Waals surface area contributed by atoms with Gasteiger partial charge in [-0.3, -0.25) is 4.68 Å². The number of rotatable bonds is 4. The minimum Gasteiger partial charge on any atom is -0.389 e. The first-order valence-electron chi connectivity index (χ1n) is 5.50. The van der Waals surface area contributed by atoms with Gasteiger partial charge in [-0.15, -0.1) is 0 Å². The molecule has 0 saturated carbocycles. The third-order valence-electron chi connectivity index (χ3n) is 2.67. The Morgan fingerprint density at radius 2 is 2.12 bits per heavy atom. The van der Waals surface area contributed by atoms with Gasteiger partial charge in [-0.1, -0.05) is 12.2 Å². The zero-order chi connectivity index (χ0) is 12.5. The van der Waals surface area contributed by atoms with Gasteiger partial charge in [0, 0.05) is 19.6 Å². The first-order valence-corrected chi connectivity index (χ1v) is 5.91. The summed E-state index contributed by atoms with van der Waals surface area (Å²) < 4.78 is 1.85. The molecule has 0 amide bonds. The van der Waals surface area contributed by atoms with Crippen molar-refractivity contribution in [2.45, 2.75) is 33.7 Å². The Balaban J connectivity index is 3.35. The molecule has 0 radical (unpaired) electrons. The van der Waals surface area contributed by atoms with Crippen LogP contribution in [0.1, 0.15) is 32.0 Å². The van der Waals surface area contributed by atoms with Crippen molar-refractivity contribution in [3.8, 4) is 0 Å². The average molecular weight is 240 g/mol. The number of thiocarbonyl (C=S) groups is 1. The van der Waals surface area contributed by atoms with E-state index >= 15 is 0 Å². The molecule has 0 atom stereocenters. The highest BCUT2D eigenvalue weighted by Crippen LogP contribution is 2.24. The Labute approximate surface area is 102 Å². The topological polar surface area (TPSA) is 47.1 Å². The lowest BCUT2D eigenvalue weighted by Crippen LogP contribution is -2.33. The van der Waals surface area contributed by atoms with E-state index < -0.39 is 0 Å². The summed E-state index contributed by atoms with van der Waals surface area (Å²) in [6, 6.07) is 0.396. The second kappa shape index (κ2) is 4.82. The molecule has 1 aromatic rings. The van der Waals surface area contributed by atoms with E-state index in [1.807, 2.05) is 18.7 Å². The van der Waals surface area contributed by atoms with Crippen molar-refractivity contribution in [3.63, 3.8) is 0 Å². The Morgan fingerprint density at radius 1 is 1.56 bits per heavy atom. The van der Waals surface area contributed by atoms with Crippen LogP contribution in [-0.2, 0) is 7.05 Å². The van der Waals surface area contributed by atoms with Crippen molar-refractivity contribution in [2.24, 2.45) is 12.8 Å². The first-order chi connectivity index (χ1) is 7.40. The molecule has 16 heavy (non-hydrogen) atoms. The number of aromatic nitrogens is 2. The molecule has 0 aliphatic heterocycles. The van der Waals surface area contributed by atoms with E-state index in [0.717, 1.165) is 23.6 Å². The third-order valence-corrected chi connectivity index (χ3v) is 2.88. The standard InChI is InChI=1S/C11H20N4S/c1-6-15(7(2)3)11-9(10(12)16)8(4)13-14(11)5/h7H,6H2,1-5H3,(H2,12,16). The minimum atomic E-state index is 0.396. The quantitative estimate of drug-likeness (QED) is 0.812. The molecule has 0 bridgehead atoms. The molecule has 4 nitrogen and oxygen atoms in total. The maximum Gasteiger partial charge on any atom is 0.137 e. The van der Waals surface area contributed by atoms with Gasteiger partial charge in [0.05, 0.1) is 11.3 Å². The van der Waals surface area contributed by atoms with E-state index in [1.54, 1.807) is 0 Å². The van der Waals surface area contributed by atoms with Crippen LogP contribution in [0.25, 0.3) is 0 Å². The third kappa shape index (κ3) is 2.19. The van der Waals surface area contributed by atoms with Crippen molar-refractivity contribution >= 4 is 23.0 Å². The average Bonchev–Trinajstić information content (AvgIpc) is 2.42. The smallest absolute Gasteiger partial charge is 0.137 e. The van der Waals surface area contributed by atoms with Gasteiger partial charge in [0.15, 0.2) is 0 Å². The lowest BCUT2D eigenvalue weighted by Gasteiger charge is -2.28. The molecule has 0 spiro atoms. The zero-order valence-corrected chi connectivity index (χ0v) is 11.4. The molecule has 5 heteroatoms. The van der Waals surface area contributed by atoms with Gasteiger partial charge in [0.25, 0.3) is 0 Å². The van der Waals surface area contributed by atoms with Crippen LogP contribution in [-0.4, -0.2) is 27.4 Å². The molecule has 0 unspecified atom stereocenters. The van der Waals surface area contributed by atoms with Crippen molar-refractivity contribution < 1.29 is 0 Å². The van der Waals surface area contributed by atoms with Crippen LogP contribution < -0.4 is 10.6 Å². The van der Waals surface area contributed by atoms with Crippen molar-refractivity contribution in [3.05, 3.63) is 11.3 Å². The molecular weight excluding hydrogens is 220 g/mol. The normalized spacial score (nSPS) is 10.9. The maximum atomic E-state index is 5.77. The Bertz CT molecular complexity index is 395. The molecule has 1 aromatic heterocycles. The molecule has 1 heterocycles. The van der Waals surface area contributed by atoms with Gasteiger partial charge >= 0.3 is 0 Å². The fourth-order valence-electron chi connectivity index (χ4n) is 2.02. The van der Waals surface area contributed by atoms with Gasteiger partial charge in [0.2, 0.25) is 0 Å². The lowest BCUT2D eigenvalue weighted by molar-refractivity contribution is 0.649. The largest absolute Gasteiger partial charge is 0.389 e. The fraction of sp³-hybridized carbons (Fsp3) is 0.636. The number of hydrogen-bond donors (Lipinski definition) is 1. The summed E-state index contributed by atoms with van der Waals surface area (Å²) >= 11 is 5.10. The molecular formula is C11H20N4S. The molecule has 0 aliphatic carbocycles. The summed E-state index contributed by atoms with van der Waals surface area (Å²) in [7, 11) is 1.93. The predicted octanol–water partition coefficient (Wildman–Crippen LogP) is 1.60. The molecule has 0 fully saturated rings. The number of hydrogen-bond acceptors (Lipinski definition) is 3. The number of anilines is 1. The van der Waals surface area contributed by atoms with Crippen LogP contribution in [0.2, 0.25) is 0 Å². The van der Waals surface area contributed by atoms with Gasteiger partial charge in [-0.25, -0.2) is 0 Å². The maximum absolute atomic E-state index is 5.77. The number of nitrogens with zero attached hydrogens (tertiary/aromatic N) is 3. The Hall–Kier alpha value is -1.10. The fourth-order valence-corrected chi connectivity index (χ4v) is 2.26. The van der Waals surface area contributed by atoms with E-state index in [0.29, 0.717) is 11.0 Å². The molecule has 0 saturated heterocycles. The minimum absolute atomic E-state index is 0.396. The predicted molar refractivity (Wildman–Crippen MR) is 72.0 cm³/mol. The SMILES string of the molecule is CCN(c1c(C(N)=S)c(C)nn1C)C(C)C. The summed E-state index contributed by atoms with van der Waals surface area (Å²) in [5.41, 5.74) is 7.56. The molecule has 1 rings (SSSR count). The van der Waals surface area contributed by atoms with Gasteiger partial charge < -0.3 is 10.6 Å². The molecule has 2 N–H and O–H groups in total. The Morgan fingerprint density at radius 3 is 2.50 bits per heavy atom. The summed E-state index contributed by atoms with van der Waals surface area (Å²) in [6.07, 6.45) is 0. The van der Waals surface area contributed by atoms with Crippen molar-refractivity contribution in [2.75, 3.05) is 11.4 Å². The van der Waals surface area contributed by atoms with Crippen molar-refractivity contribution in [1.82, 2.24) is 9.78 Å². The monoisotopic (exact) mass is 240 g/mol. The lowest BCUT2D eigenvalue weighted by atomic mass is 10.2. The van der Waals surface area contributed by atoms with E-state index in [-0.39, 0.29) is 0 Å². The highest BCUT2D eigenvalue weighted by atomic mass is 32.1. The van der Waals surface area contributed by atoms with Crippen LogP contribution in [0.4, 0.5) is 5.82 Å². The van der Waals surface area contributed by atoms with E-state index in [1.165, 1.54) is 0 Å². The number of aryl methyl sites for hydroxylation is 2.